The van der Waals surface area contributed by atoms with E-state index in [-0.39, 0.29) is 12.8 Å². The van der Waals surface area contributed by atoms with Gasteiger partial charge in [0.05, 0.1) is 10.8 Å². The number of carbonyl (C=O) groups excluding carboxylic acids is 1. The Morgan fingerprint density at radius 1 is 1.26 bits per heavy atom. The molecule has 7 heteroatoms. The van der Waals surface area contributed by atoms with E-state index in [1.165, 1.54) is 6.08 Å². The number of rotatable bonds is 5. The van der Waals surface area contributed by atoms with Crippen molar-refractivity contribution in [3.8, 4) is 0 Å². The minimum Gasteiger partial charge on any atom is -0.481 e. The van der Waals surface area contributed by atoms with Crippen molar-refractivity contribution >= 4 is 11.9 Å². The molecule has 0 aromatic carbocycles. The molecule has 1 N–H and O–H groups in total. The zero-order valence-electron chi connectivity index (χ0n) is 13.4. The summed E-state index contributed by atoms with van der Waals surface area (Å²) < 4.78 is 43.4. The van der Waals surface area contributed by atoms with E-state index in [9.17, 15) is 27.9 Å². The average molecular weight is 334 g/mol. The summed E-state index contributed by atoms with van der Waals surface area (Å²) in [6, 6.07) is 0. The fourth-order valence-electron chi connectivity index (χ4n) is 3.73. The smallest absolute Gasteiger partial charge is 0.389 e. The number of carbonyl (C=O) groups is 2. The summed E-state index contributed by atoms with van der Waals surface area (Å²) in [4.78, 5) is 24.4. The van der Waals surface area contributed by atoms with Gasteiger partial charge in [0.1, 0.15) is 5.60 Å². The van der Waals surface area contributed by atoms with E-state index in [1.807, 2.05) is 0 Å². The molecular formula is C16H21F3O4. The number of alkyl halides is 3. The summed E-state index contributed by atoms with van der Waals surface area (Å²) in [5.41, 5.74) is -3.97. The van der Waals surface area contributed by atoms with E-state index < -0.39 is 52.8 Å². The van der Waals surface area contributed by atoms with Gasteiger partial charge in [0, 0.05) is 6.42 Å². The number of allylic oxidation sites excluding steroid dienone is 1. The first-order chi connectivity index (χ1) is 10.3. The van der Waals surface area contributed by atoms with Crippen molar-refractivity contribution in [1.82, 2.24) is 0 Å². The van der Waals surface area contributed by atoms with Gasteiger partial charge in [0.15, 0.2) is 0 Å². The maximum Gasteiger partial charge on any atom is 0.389 e. The lowest BCUT2D eigenvalue weighted by Gasteiger charge is -2.29. The number of carboxylic acids is 1. The molecule has 3 unspecified atom stereocenters. The highest BCUT2D eigenvalue weighted by Crippen LogP contribution is 2.78. The van der Waals surface area contributed by atoms with Crippen LogP contribution in [0.15, 0.2) is 12.7 Å². The Labute approximate surface area is 132 Å². The second-order valence-corrected chi connectivity index (χ2v) is 7.52. The fourth-order valence-corrected chi connectivity index (χ4v) is 3.73. The van der Waals surface area contributed by atoms with E-state index in [1.54, 1.807) is 20.8 Å². The molecule has 23 heavy (non-hydrogen) atoms. The van der Waals surface area contributed by atoms with Gasteiger partial charge in [-0.2, -0.15) is 13.2 Å². The van der Waals surface area contributed by atoms with Crippen molar-refractivity contribution in [1.29, 1.82) is 0 Å². The molecule has 0 aromatic rings. The monoisotopic (exact) mass is 334 g/mol. The average Bonchev–Trinajstić information content (AvgIpc) is 3.17. The lowest BCUT2D eigenvalue weighted by Crippen LogP contribution is -2.41. The molecular weight excluding hydrogens is 313 g/mol. The molecule has 130 valence electrons. The Morgan fingerprint density at radius 3 is 2.17 bits per heavy atom. The molecule has 2 fully saturated rings. The maximum absolute atomic E-state index is 12.7. The topological polar surface area (TPSA) is 63.6 Å². The highest BCUT2D eigenvalue weighted by molar-refractivity contribution is 5.93. The van der Waals surface area contributed by atoms with Crippen molar-refractivity contribution in [2.24, 2.45) is 22.7 Å². The van der Waals surface area contributed by atoms with Crippen LogP contribution in [-0.4, -0.2) is 28.8 Å². The van der Waals surface area contributed by atoms with Crippen LogP contribution in [0.5, 0.6) is 0 Å². The van der Waals surface area contributed by atoms with Crippen LogP contribution in [0.2, 0.25) is 0 Å². The highest BCUT2D eigenvalue weighted by atomic mass is 19.4. The van der Waals surface area contributed by atoms with Crippen molar-refractivity contribution in [2.45, 2.75) is 51.8 Å². The van der Waals surface area contributed by atoms with Crippen LogP contribution >= 0.6 is 0 Å². The van der Waals surface area contributed by atoms with Crippen molar-refractivity contribution in [2.75, 3.05) is 0 Å². The SMILES string of the molecule is C=C[C@@H]1CC1(C(=O)OC(C)(C)C)C1(C(=O)O)CC1CC(F)(F)F. The number of ether oxygens (including phenoxy) is 1. The zero-order valence-corrected chi connectivity index (χ0v) is 13.4. The molecule has 0 spiro atoms. The third-order valence-corrected chi connectivity index (χ3v) is 4.82. The summed E-state index contributed by atoms with van der Waals surface area (Å²) in [7, 11) is 0. The van der Waals surface area contributed by atoms with E-state index in [4.69, 9.17) is 4.74 Å². The van der Waals surface area contributed by atoms with E-state index in [0.29, 0.717) is 0 Å². The van der Waals surface area contributed by atoms with Gasteiger partial charge in [-0.3, -0.25) is 9.59 Å². The van der Waals surface area contributed by atoms with Gasteiger partial charge < -0.3 is 9.84 Å². The quantitative estimate of drug-likeness (QED) is 0.617. The van der Waals surface area contributed by atoms with Crippen LogP contribution in [0, 0.1) is 22.7 Å². The molecule has 2 rings (SSSR count). The molecule has 2 aliphatic carbocycles. The van der Waals surface area contributed by atoms with Crippen molar-refractivity contribution < 1.29 is 32.6 Å². The summed E-state index contributed by atoms with van der Waals surface area (Å²) >= 11 is 0. The lowest BCUT2D eigenvalue weighted by atomic mass is 9.80. The summed E-state index contributed by atoms with van der Waals surface area (Å²) in [6.45, 7) is 8.48. The predicted molar refractivity (Wildman–Crippen MR) is 75.4 cm³/mol. The number of carboxylic acid groups (broad SMARTS) is 1. The molecule has 0 amide bonds. The third kappa shape index (κ3) is 2.85. The standard InChI is InChI=1S/C16H21F3O4/c1-5-9-6-15(9,12(22)23-13(2,3)4)14(11(20)21)7-10(14)8-16(17,18)19/h5,9-10H,1,6-8H2,2-4H3,(H,20,21)/t9-,10?,14?,15?/m1/s1. The first kappa shape index (κ1) is 17.8. The predicted octanol–water partition coefficient (Wildman–Crippen LogP) is 3.56. The van der Waals surface area contributed by atoms with Crippen LogP contribution in [0.25, 0.3) is 0 Å². The first-order valence-electron chi connectivity index (χ1n) is 7.46. The first-order valence-corrected chi connectivity index (χ1v) is 7.46. The molecule has 4 nitrogen and oxygen atoms in total. The molecule has 0 aliphatic heterocycles. The molecule has 2 saturated carbocycles. The molecule has 2 aliphatic rings. The number of hydrogen-bond donors (Lipinski definition) is 1. The largest absolute Gasteiger partial charge is 0.481 e. The van der Waals surface area contributed by atoms with Crippen LogP contribution < -0.4 is 0 Å². The van der Waals surface area contributed by atoms with Crippen LogP contribution in [0.1, 0.15) is 40.0 Å². The highest BCUT2D eigenvalue weighted by Gasteiger charge is 2.83. The molecule has 0 aromatic heterocycles. The second-order valence-electron chi connectivity index (χ2n) is 7.52. The zero-order chi connectivity index (χ0) is 17.8. The van der Waals surface area contributed by atoms with Gasteiger partial charge in [0.25, 0.3) is 0 Å². The molecule has 0 heterocycles. The van der Waals surface area contributed by atoms with E-state index in [2.05, 4.69) is 6.58 Å². The third-order valence-electron chi connectivity index (χ3n) is 4.82. The van der Waals surface area contributed by atoms with Crippen LogP contribution in [-0.2, 0) is 14.3 Å². The Balaban J connectivity index is 2.35. The molecule has 0 bridgehead atoms. The Bertz CT molecular complexity index is 549. The minimum absolute atomic E-state index is 0.161. The van der Waals surface area contributed by atoms with Gasteiger partial charge in [-0.15, -0.1) is 6.58 Å². The summed E-state index contributed by atoms with van der Waals surface area (Å²) in [5.74, 6) is -3.66. The van der Waals surface area contributed by atoms with Gasteiger partial charge in [-0.1, -0.05) is 6.08 Å². The summed E-state index contributed by atoms with van der Waals surface area (Å²) in [5, 5.41) is 9.60. The van der Waals surface area contributed by atoms with Crippen molar-refractivity contribution in [3.05, 3.63) is 12.7 Å². The lowest BCUT2D eigenvalue weighted by molar-refractivity contribution is -0.174. The number of aliphatic carboxylic acids is 1. The van der Waals surface area contributed by atoms with Crippen LogP contribution in [0.3, 0.4) is 0 Å². The minimum atomic E-state index is -4.46. The molecule has 4 atom stereocenters. The number of halogens is 3. The summed E-state index contributed by atoms with van der Waals surface area (Å²) in [6.07, 6.45) is -4.21. The Kier molecular flexibility index (Phi) is 3.86. The number of esters is 1. The van der Waals surface area contributed by atoms with Gasteiger partial charge in [-0.05, 0) is 45.4 Å². The van der Waals surface area contributed by atoms with Gasteiger partial charge >= 0.3 is 18.1 Å². The maximum atomic E-state index is 12.7. The Hall–Kier alpha value is -1.53. The van der Waals surface area contributed by atoms with Crippen LogP contribution in [0.4, 0.5) is 13.2 Å². The van der Waals surface area contributed by atoms with Gasteiger partial charge in [-0.25, -0.2) is 0 Å². The van der Waals surface area contributed by atoms with E-state index >= 15 is 0 Å². The molecule has 0 radical (unpaired) electrons. The van der Waals surface area contributed by atoms with E-state index in [0.717, 1.165) is 0 Å². The van der Waals surface area contributed by atoms with Crippen molar-refractivity contribution in [3.63, 3.8) is 0 Å². The fraction of sp³-hybridized carbons (Fsp3) is 0.750. The normalized spacial score (nSPS) is 36.3. The Morgan fingerprint density at radius 2 is 1.83 bits per heavy atom. The second kappa shape index (κ2) is 4.98. The number of hydrogen-bond acceptors (Lipinski definition) is 3. The van der Waals surface area contributed by atoms with Gasteiger partial charge in [0.2, 0.25) is 0 Å². The molecule has 0 saturated heterocycles.